The average Bonchev–Trinajstić information content (AvgIpc) is 2.58. The molecule has 0 aliphatic heterocycles. The van der Waals surface area contributed by atoms with E-state index in [-0.39, 0.29) is 11.2 Å². The molecule has 1 aromatic heterocycles. The van der Waals surface area contributed by atoms with Crippen molar-refractivity contribution < 1.29 is 9.78 Å². The number of para-hydroxylation sites is 1. The standard InChI is InChI=1S/C24H26N2O/c1-15-9-10-17(16(2)11-15)14-25-23-18-7-5-6-8-19(18)26-20-12-24(3,4)13-21(27)22(20)23/h5-11H,12-14H2,1-4H3,(H,25,26)/p+1. The number of ketones is 1. The van der Waals surface area contributed by atoms with Crippen molar-refractivity contribution in [3.05, 3.63) is 70.4 Å². The molecule has 0 amide bonds. The van der Waals surface area contributed by atoms with Crippen LogP contribution in [0.2, 0.25) is 0 Å². The normalized spacial score (nSPS) is 15.6. The topological polar surface area (TPSA) is 43.2 Å². The predicted octanol–water partition coefficient (Wildman–Crippen LogP) is 5.04. The van der Waals surface area contributed by atoms with Gasteiger partial charge in [-0.3, -0.25) is 4.79 Å². The molecule has 2 N–H and O–H groups in total. The minimum absolute atomic E-state index is 0.00610. The summed E-state index contributed by atoms with van der Waals surface area (Å²) in [6.45, 7) is 9.30. The number of H-pyrrole nitrogens is 1. The first-order valence-electron chi connectivity index (χ1n) is 9.64. The van der Waals surface area contributed by atoms with Crippen LogP contribution < -0.4 is 10.3 Å². The maximum atomic E-state index is 13.0. The lowest BCUT2D eigenvalue weighted by Gasteiger charge is -2.28. The third-order valence-corrected chi connectivity index (χ3v) is 5.56. The quantitative estimate of drug-likeness (QED) is 0.712. The Kier molecular flexibility index (Phi) is 4.26. The van der Waals surface area contributed by atoms with Crippen LogP contribution in [0.4, 0.5) is 5.69 Å². The van der Waals surface area contributed by atoms with E-state index < -0.39 is 0 Å². The van der Waals surface area contributed by atoms with Crippen molar-refractivity contribution in [1.29, 1.82) is 0 Å². The van der Waals surface area contributed by atoms with Gasteiger partial charge in [-0.25, -0.2) is 4.98 Å². The van der Waals surface area contributed by atoms with Gasteiger partial charge in [0.1, 0.15) is 5.56 Å². The molecule has 3 aromatic rings. The number of Topliss-reactive ketones (excluding diaryl/α,β-unsaturated/α-hetero) is 1. The van der Waals surface area contributed by atoms with E-state index in [4.69, 9.17) is 0 Å². The lowest BCUT2D eigenvalue weighted by atomic mass is 9.75. The molecular weight excluding hydrogens is 332 g/mol. The molecule has 3 heteroatoms. The molecule has 0 saturated heterocycles. The number of hydrogen-bond acceptors (Lipinski definition) is 2. The van der Waals surface area contributed by atoms with Crippen molar-refractivity contribution in [1.82, 2.24) is 0 Å². The van der Waals surface area contributed by atoms with Gasteiger partial charge in [-0.2, -0.15) is 0 Å². The van der Waals surface area contributed by atoms with Crippen LogP contribution in [0.1, 0.15) is 53.0 Å². The third-order valence-electron chi connectivity index (χ3n) is 5.56. The van der Waals surface area contributed by atoms with E-state index in [1.165, 1.54) is 16.7 Å². The Morgan fingerprint density at radius 3 is 2.63 bits per heavy atom. The highest BCUT2D eigenvalue weighted by atomic mass is 16.1. The molecule has 0 spiro atoms. The second kappa shape index (κ2) is 6.49. The van der Waals surface area contributed by atoms with Gasteiger partial charge in [0, 0.05) is 25.5 Å². The number of aryl methyl sites for hydroxylation is 2. The van der Waals surface area contributed by atoms with Crippen molar-refractivity contribution in [2.45, 2.75) is 47.1 Å². The van der Waals surface area contributed by atoms with Crippen molar-refractivity contribution in [3.8, 4) is 0 Å². The van der Waals surface area contributed by atoms with Crippen LogP contribution in [-0.4, -0.2) is 5.78 Å². The number of carbonyl (C=O) groups is 1. The fourth-order valence-electron chi connectivity index (χ4n) is 4.24. The SMILES string of the molecule is Cc1ccc(CNc2c3c([nH+]c4ccccc24)CC(C)(C)CC3=O)c(C)c1. The molecule has 0 radical (unpaired) electrons. The van der Waals surface area contributed by atoms with Gasteiger partial charge in [0.25, 0.3) is 0 Å². The number of pyridine rings is 1. The number of anilines is 1. The number of aromatic nitrogens is 1. The molecular formula is C24H27N2O+. The zero-order valence-corrected chi connectivity index (χ0v) is 16.6. The van der Waals surface area contributed by atoms with Gasteiger partial charge in [0.05, 0.1) is 11.1 Å². The third kappa shape index (κ3) is 3.34. The molecule has 0 unspecified atom stereocenters. The average molecular weight is 359 g/mol. The molecule has 4 rings (SSSR count). The molecule has 0 saturated carbocycles. The lowest BCUT2D eigenvalue weighted by molar-refractivity contribution is -0.360. The number of nitrogens with one attached hydrogen (secondary N) is 2. The van der Waals surface area contributed by atoms with Crippen LogP contribution in [0.25, 0.3) is 10.9 Å². The first-order valence-corrected chi connectivity index (χ1v) is 9.64. The highest BCUT2D eigenvalue weighted by molar-refractivity contribution is 6.09. The van der Waals surface area contributed by atoms with E-state index in [1.807, 2.05) is 12.1 Å². The molecule has 0 fully saturated rings. The number of aromatic amines is 1. The Morgan fingerprint density at radius 2 is 1.85 bits per heavy atom. The van der Waals surface area contributed by atoms with Crippen molar-refractivity contribution in [3.63, 3.8) is 0 Å². The van der Waals surface area contributed by atoms with Crippen molar-refractivity contribution >= 4 is 22.4 Å². The van der Waals surface area contributed by atoms with Gasteiger partial charge in [-0.05, 0) is 36.5 Å². The Balaban J connectivity index is 1.81. The molecule has 0 bridgehead atoms. The highest BCUT2D eigenvalue weighted by Gasteiger charge is 2.37. The highest BCUT2D eigenvalue weighted by Crippen LogP contribution is 2.38. The Morgan fingerprint density at radius 1 is 1.07 bits per heavy atom. The molecule has 2 aromatic carbocycles. The monoisotopic (exact) mass is 359 g/mol. The fraction of sp³-hybridized carbons (Fsp3) is 0.333. The second-order valence-electron chi connectivity index (χ2n) is 8.62. The molecule has 27 heavy (non-hydrogen) atoms. The molecule has 3 nitrogen and oxygen atoms in total. The van der Waals surface area contributed by atoms with E-state index in [2.05, 4.69) is 68.3 Å². The van der Waals surface area contributed by atoms with Gasteiger partial charge >= 0.3 is 0 Å². The number of fused-ring (bicyclic) bond motifs is 2. The Hall–Kier alpha value is -2.68. The summed E-state index contributed by atoms with van der Waals surface area (Å²) in [5.41, 5.74) is 7.74. The minimum Gasteiger partial charge on any atom is -0.379 e. The minimum atomic E-state index is -0.00610. The van der Waals surface area contributed by atoms with Gasteiger partial charge in [0.15, 0.2) is 11.5 Å². The molecule has 1 aliphatic rings. The van der Waals surface area contributed by atoms with E-state index in [0.29, 0.717) is 13.0 Å². The van der Waals surface area contributed by atoms with E-state index in [1.54, 1.807) is 0 Å². The van der Waals surface area contributed by atoms with Crippen LogP contribution in [0, 0.1) is 19.3 Å². The van der Waals surface area contributed by atoms with Gasteiger partial charge in [-0.1, -0.05) is 49.7 Å². The zero-order valence-electron chi connectivity index (χ0n) is 16.6. The summed E-state index contributed by atoms with van der Waals surface area (Å²) in [4.78, 5) is 16.6. The number of carbonyl (C=O) groups excluding carboxylic acids is 1. The predicted molar refractivity (Wildman–Crippen MR) is 110 cm³/mol. The van der Waals surface area contributed by atoms with Crippen molar-refractivity contribution in [2.75, 3.05) is 5.32 Å². The summed E-state index contributed by atoms with van der Waals surface area (Å²) in [7, 11) is 0. The Bertz CT molecular complexity index is 1050. The molecule has 138 valence electrons. The maximum absolute atomic E-state index is 13.0. The van der Waals surface area contributed by atoms with Crippen LogP contribution in [0.15, 0.2) is 42.5 Å². The van der Waals surface area contributed by atoms with Gasteiger partial charge < -0.3 is 5.32 Å². The van der Waals surface area contributed by atoms with Crippen LogP contribution >= 0.6 is 0 Å². The number of rotatable bonds is 3. The summed E-state index contributed by atoms with van der Waals surface area (Å²) in [6.07, 6.45) is 1.47. The lowest BCUT2D eigenvalue weighted by Crippen LogP contribution is -2.33. The summed E-state index contributed by atoms with van der Waals surface area (Å²) in [5.74, 6) is 0.228. The summed E-state index contributed by atoms with van der Waals surface area (Å²) < 4.78 is 0. The number of hydrogen-bond donors (Lipinski definition) is 1. The second-order valence-corrected chi connectivity index (χ2v) is 8.62. The van der Waals surface area contributed by atoms with E-state index >= 15 is 0 Å². The first-order chi connectivity index (χ1) is 12.8. The fourth-order valence-corrected chi connectivity index (χ4v) is 4.24. The largest absolute Gasteiger partial charge is 0.379 e. The molecule has 0 atom stereocenters. The van der Waals surface area contributed by atoms with Crippen LogP contribution in [0.3, 0.4) is 0 Å². The van der Waals surface area contributed by atoms with Gasteiger partial charge in [-0.15, -0.1) is 0 Å². The smallest absolute Gasteiger partial charge is 0.213 e. The molecule has 1 aliphatic carbocycles. The van der Waals surface area contributed by atoms with Crippen LogP contribution in [-0.2, 0) is 13.0 Å². The maximum Gasteiger partial charge on any atom is 0.213 e. The van der Waals surface area contributed by atoms with Crippen LogP contribution in [0.5, 0.6) is 0 Å². The van der Waals surface area contributed by atoms with Gasteiger partial charge in [0.2, 0.25) is 5.52 Å². The summed E-state index contributed by atoms with van der Waals surface area (Å²) >= 11 is 0. The Labute approximate surface area is 160 Å². The summed E-state index contributed by atoms with van der Waals surface area (Å²) in [6, 6.07) is 14.8. The van der Waals surface area contributed by atoms with Crippen molar-refractivity contribution in [2.24, 2.45) is 5.41 Å². The van der Waals surface area contributed by atoms with E-state index in [9.17, 15) is 4.79 Å². The zero-order chi connectivity index (χ0) is 19.2. The summed E-state index contributed by atoms with van der Waals surface area (Å²) in [5, 5.41) is 4.69. The van der Waals surface area contributed by atoms with E-state index in [0.717, 1.165) is 34.3 Å². The first kappa shape index (κ1) is 17.7. The molecule has 1 heterocycles. The number of benzene rings is 2.